The highest BCUT2D eigenvalue weighted by atomic mass is 35.5. The molecule has 0 radical (unpaired) electrons. The fourth-order valence-electron chi connectivity index (χ4n) is 1.47. The Kier molecular flexibility index (Phi) is 2.72. The molecule has 1 atom stereocenters. The van der Waals surface area contributed by atoms with Gasteiger partial charge in [-0.2, -0.15) is 0 Å². The van der Waals surface area contributed by atoms with E-state index in [2.05, 4.69) is 0 Å². The van der Waals surface area contributed by atoms with Crippen LogP contribution in [-0.4, -0.2) is 22.3 Å². The van der Waals surface area contributed by atoms with Crippen LogP contribution < -0.4 is 0 Å². The second-order valence-electron chi connectivity index (χ2n) is 3.77. The average molecular weight is 211 g/mol. The molecular weight excluding hydrogens is 199 g/mol. The highest BCUT2D eigenvalue weighted by Crippen LogP contribution is 2.38. The van der Waals surface area contributed by atoms with Crippen LogP contribution in [0.25, 0.3) is 0 Å². The van der Waals surface area contributed by atoms with Gasteiger partial charge in [0, 0.05) is 13.0 Å². The first kappa shape index (κ1) is 10.3. The van der Waals surface area contributed by atoms with Crippen LogP contribution in [0.5, 0.6) is 0 Å². The van der Waals surface area contributed by atoms with E-state index in [0.29, 0.717) is 19.4 Å². The molecule has 0 saturated carbocycles. The number of halogens is 2. The Hall–Kier alpha value is 0.210. The van der Waals surface area contributed by atoms with Crippen molar-refractivity contribution in [3.63, 3.8) is 0 Å². The molecule has 1 aliphatic rings. The van der Waals surface area contributed by atoms with Crippen molar-refractivity contribution in [3.8, 4) is 0 Å². The van der Waals surface area contributed by atoms with Crippen molar-refractivity contribution in [1.82, 2.24) is 0 Å². The number of carbonyl (C=O) groups excluding carboxylic acids is 1. The van der Waals surface area contributed by atoms with Crippen molar-refractivity contribution in [3.05, 3.63) is 0 Å². The van der Waals surface area contributed by atoms with Crippen LogP contribution in [-0.2, 0) is 9.53 Å². The van der Waals surface area contributed by atoms with Crippen LogP contribution >= 0.6 is 23.2 Å². The maximum absolute atomic E-state index is 11.0. The molecule has 0 amide bonds. The number of hydrogen-bond donors (Lipinski definition) is 0. The van der Waals surface area contributed by atoms with E-state index in [-0.39, 0.29) is 5.60 Å². The normalized spacial score (nSPS) is 34.7. The lowest BCUT2D eigenvalue weighted by Crippen LogP contribution is -2.45. The van der Waals surface area contributed by atoms with Gasteiger partial charge in [0.15, 0.2) is 0 Å². The van der Waals surface area contributed by atoms with Gasteiger partial charge >= 0.3 is 0 Å². The Bertz CT molecular complexity index is 203. The molecule has 1 fully saturated rings. The van der Waals surface area contributed by atoms with Crippen molar-refractivity contribution in [2.45, 2.75) is 37.2 Å². The molecule has 0 aromatic heterocycles. The first-order chi connectivity index (χ1) is 5.36. The van der Waals surface area contributed by atoms with Gasteiger partial charge in [0.05, 0.1) is 5.60 Å². The van der Waals surface area contributed by atoms with Crippen LogP contribution in [0.15, 0.2) is 0 Å². The summed E-state index contributed by atoms with van der Waals surface area (Å²) in [5.41, 5.74) is -0.343. The molecule has 1 heterocycles. The van der Waals surface area contributed by atoms with Gasteiger partial charge < -0.3 is 4.74 Å². The first-order valence-electron chi connectivity index (χ1n) is 3.89. The predicted octanol–water partition coefficient (Wildman–Crippen LogP) is 2.32. The summed E-state index contributed by atoms with van der Waals surface area (Å²) in [7, 11) is 0. The van der Waals surface area contributed by atoms with Gasteiger partial charge in [-0.25, -0.2) is 0 Å². The summed E-state index contributed by atoms with van der Waals surface area (Å²) in [4.78, 5) is 10.1. The van der Waals surface area contributed by atoms with Gasteiger partial charge in [0.25, 0.3) is 0 Å². The molecular formula is C8H12Cl2O2. The minimum atomic E-state index is -0.913. The summed E-state index contributed by atoms with van der Waals surface area (Å²) in [6, 6.07) is 0. The van der Waals surface area contributed by atoms with Crippen LogP contribution in [0.2, 0.25) is 0 Å². The van der Waals surface area contributed by atoms with E-state index in [1.807, 2.05) is 13.8 Å². The lowest BCUT2D eigenvalue weighted by atomic mass is 9.88. The fourth-order valence-corrected chi connectivity index (χ4v) is 2.03. The lowest BCUT2D eigenvalue weighted by Gasteiger charge is -2.38. The minimum Gasteiger partial charge on any atom is -0.375 e. The number of rotatable bonds is 1. The molecule has 0 spiro atoms. The maximum atomic E-state index is 11.0. The fraction of sp³-hybridized carbons (Fsp3) is 0.875. The van der Waals surface area contributed by atoms with E-state index in [1.54, 1.807) is 0 Å². The molecule has 12 heavy (non-hydrogen) atoms. The number of ether oxygens (including phenoxy) is 1. The minimum absolute atomic E-state index is 0.343. The van der Waals surface area contributed by atoms with Crippen LogP contribution in [0.3, 0.4) is 0 Å². The van der Waals surface area contributed by atoms with Gasteiger partial charge in [-0.15, -0.1) is 11.6 Å². The third-order valence-electron chi connectivity index (χ3n) is 2.05. The van der Waals surface area contributed by atoms with Crippen molar-refractivity contribution < 1.29 is 9.53 Å². The van der Waals surface area contributed by atoms with E-state index in [9.17, 15) is 4.79 Å². The second-order valence-corrected chi connectivity index (χ2v) is 4.84. The molecule has 0 aromatic rings. The molecule has 1 unspecified atom stereocenters. The summed E-state index contributed by atoms with van der Waals surface area (Å²) in [6.45, 7) is 4.31. The van der Waals surface area contributed by atoms with Gasteiger partial charge in [0.1, 0.15) is 4.87 Å². The van der Waals surface area contributed by atoms with Crippen molar-refractivity contribution in [1.29, 1.82) is 0 Å². The predicted molar refractivity (Wildman–Crippen MR) is 48.7 cm³/mol. The quantitative estimate of drug-likeness (QED) is 0.491. The molecule has 0 N–H and O–H groups in total. The molecule has 4 heteroatoms. The maximum Gasteiger partial charge on any atom is 0.242 e. The van der Waals surface area contributed by atoms with E-state index in [4.69, 9.17) is 27.9 Å². The average Bonchev–Trinajstić information content (AvgIpc) is 1.83. The second kappa shape index (κ2) is 3.17. The van der Waals surface area contributed by atoms with Gasteiger partial charge in [-0.3, -0.25) is 4.79 Å². The molecule has 0 aromatic carbocycles. The van der Waals surface area contributed by atoms with Crippen LogP contribution in [0.4, 0.5) is 0 Å². The Morgan fingerprint density at radius 2 is 2.08 bits per heavy atom. The molecule has 1 aliphatic heterocycles. The largest absolute Gasteiger partial charge is 0.375 e. The zero-order chi connectivity index (χ0) is 9.41. The Morgan fingerprint density at radius 3 is 2.42 bits per heavy atom. The van der Waals surface area contributed by atoms with Crippen LogP contribution in [0, 0.1) is 0 Å². The SMILES string of the molecule is CC1(C)CC(Cl)(C(=O)Cl)CCO1. The highest BCUT2D eigenvalue weighted by Gasteiger charge is 2.44. The first-order valence-corrected chi connectivity index (χ1v) is 4.64. The third-order valence-corrected chi connectivity index (χ3v) is 3.00. The van der Waals surface area contributed by atoms with Crippen molar-refractivity contribution in [2.24, 2.45) is 0 Å². The third kappa shape index (κ3) is 2.12. The van der Waals surface area contributed by atoms with Crippen LogP contribution in [0.1, 0.15) is 26.7 Å². The number of alkyl halides is 1. The summed E-state index contributed by atoms with van der Waals surface area (Å²) >= 11 is 11.4. The highest BCUT2D eigenvalue weighted by molar-refractivity contribution is 6.70. The molecule has 0 bridgehead atoms. The lowest BCUT2D eigenvalue weighted by molar-refractivity contribution is -0.122. The number of hydrogen-bond acceptors (Lipinski definition) is 2. The van der Waals surface area contributed by atoms with E-state index in [0.717, 1.165) is 0 Å². The van der Waals surface area contributed by atoms with Gasteiger partial charge in [-0.1, -0.05) is 0 Å². The van der Waals surface area contributed by atoms with E-state index in [1.165, 1.54) is 0 Å². The zero-order valence-corrected chi connectivity index (χ0v) is 8.71. The van der Waals surface area contributed by atoms with Crippen molar-refractivity contribution in [2.75, 3.05) is 6.61 Å². The van der Waals surface area contributed by atoms with Gasteiger partial charge in [-0.05, 0) is 31.9 Å². The summed E-state index contributed by atoms with van der Waals surface area (Å²) in [6.07, 6.45) is 0.976. The Labute approximate surface area is 82.2 Å². The molecule has 70 valence electrons. The summed E-state index contributed by atoms with van der Waals surface area (Å²) < 4.78 is 5.42. The smallest absolute Gasteiger partial charge is 0.242 e. The van der Waals surface area contributed by atoms with Gasteiger partial charge in [0.2, 0.25) is 5.24 Å². The summed E-state index contributed by atoms with van der Waals surface area (Å²) in [5, 5.41) is -0.472. The van der Waals surface area contributed by atoms with E-state index < -0.39 is 10.1 Å². The topological polar surface area (TPSA) is 26.3 Å². The Balaban J connectivity index is 2.74. The zero-order valence-electron chi connectivity index (χ0n) is 7.19. The molecule has 2 nitrogen and oxygen atoms in total. The van der Waals surface area contributed by atoms with E-state index >= 15 is 0 Å². The summed E-state index contributed by atoms with van der Waals surface area (Å²) in [5.74, 6) is 0. The molecule has 1 saturated heterocycles. The molecule has 0 aliphatic carbocycles. The molecule has 1 rings (SSSR count). The Morgan fingerprint density at radius 1 is 1.50 bits per heavy atom. The standard InChI is InChI=1S/C8H12Cl2O2/c1-7(2)5-8(10,6(9)11)3-4-12-7/h3-5H2,1-2H3. The van der Waals surface area contributed by atoms with Crippen molar-refractivity contribution >= 4 is 28.4 Å². The number of carbonyl (C=O) groups is 1. The monoisotopic (exact) mass is 210 g/mol.